The zero-order valence-electron chi connectivity index (χ0n) is 43.7. The summed E-state index contributed by atoms with van der Waals surface area (Å²) in [7, 11) is 0. The van der Waals surface area contributed by atoms with E-state index in [4.69, 9.17) is 0 Å². The van der Waals surface area contributed by atoms with Crippen LogP contribution in [-0.4, -0.2) is 11.3 Å². The van der Waals surface area contributed by atoms with Crippen molar-refractivity contribution < 1.29 is 0 Å². The number of fused-ring (bicyclic) bond motifs is 9. The molecular formula is C68H65BN2. The maximum absolute atomic E-state index is 2.71. The Kier molecular flexibility index (Phi) is 9.97. The van der Waals surface area contributed by atoms with Gasteiger partial charge in [0.15, 0.2) is 0 Å². The van der Waals surface area contributed by atoms with E-state index in [1.165, 1.54) is 122 Å². The van der Waals surface area contributed by atoms with Crippen LogP contribution in [0, 0.1) is 0 Å². The Hall–Kier alpha value is -7.10. The largest absolute Gasteiger partial charge is 0.375 e. The number of benzene rings is 9. The molecule has 0 amide bonds. The summed E-state index contributed by atoms with van der Waals surface area (Å²) in [6.07, 6.45) is 0. The Morgan fingerprint density at radius 3 is 1.51 bits per heavy atom. The first-order valence-corrected chi connectivity index (χ1v) is 25.8. The molecule has 0 atom stereocenters. The summed E-state index contributed by atoms with van der Waals surface area (Å²) >= 11 is 0. The number of hydrogen-bond donors (Lipinski definition) is 0. The summed E-state index contributed by atoms with van der Waals surface area (Å²) in [6, 6.07) is 68.2. The van der Waals surface area contributed by atoms with Crippen molar-refractivity contribution in [1.82, 2.24) is 4.48 Å². The van der Waals surface area contributed by atoms with Gasteiger partial charge in [0.25, 0.3) is 0 Å². The molecular weight excluding hydrogens is 856 g/mol. The number of para-hydroxylation sites is 1. The van der Waals surface area contributed by atoms with Crippen molar-refractivity contribution in [1.29, 1.82) is 0 Å². The van der Waals surface area contributed by atoms with Crippen LogP contribution in [0.1, 0.15) is 105 Å². The standard InChI is InChI=1S/C68H65BN2/c1-65(2,3)49-28-20-42(21-29-49)43-24-32-53(33-25-43)70-59-34-27-46(44-22-30-50(31-23-44)66(4,5)6)39-58(59)69-63-57(38-48(40-61(63)70)47-36-51(67(7,8)9)41-52(37-47)68(10,11)12)55-18-15-19-56-62-54-17-14-13-16-45(54)26-35-60(62)71(69)64(55)56/h13-41H,1-12H3. The van der Waals surface area contributed by atoms with Crippen LogP contribution in [0.15, 0.2) is 176 Å². The zero-order chi connectivity index (χ0) is 49.5. The molecule has 9 aromatic carbocycles. The first kappa shape index (κ1) is 45.1. The van der Waals surface area contributed by atoms with Crippen LogP contribution in [0.2, 0.25) is 0 Å². The molecule has 2 aliphatic heterocycles. The summed E-state index contributed by atoms with van der Waals surface area (Å²) in [5.74, 6) is 0. The van der Waals surface area contributed by atoms with E-state index in [-0.39, 0.29) is 28.5 Å². The van der Waals surface area contributed by atoms with E-state index in [1.54, 1.807) is 0 Å². The molecule has 0 unspecified atom stereocenters. The Bertz CT molecular complexity index is 3730. The van der Waals surface area contributed by atoms with Gasteiger partial charge in [-0.2, -0.15) is 0 Å². The highest BCUT2D eigenvalue weighted by Crippen LogP contribution is 2.49. The number of anilines is 3. The van der Waals surface area contributed by atoms with Crippen molar-refractivity contribution in [3.8, 4) is 44.5 Å². The lowest BCUT2D eigenvalue weighted by Crippen LogP contribution is -2.56. The van der Waals surface area contributed by atoms with Crippen LogP contribution in [0.5, 0.6) is 0 Å². The highest BCUT2D eigenvalue weighted by Gasteiger charge is 2.43. The molecule has 71 heavy (non-hydrogen) atoms. The normalized spacial score (nSPS) is 13.6. The van der Waals surface area contributed by atoms with Gasteiger partial charge in [-0.15, -0.1) is 0 Å². The van der Waals surface area contributed by atoms with Gasteiger partial charge in [0.1, 0.15) is 0 Å². The van der Waals surface area contributed by atoms with Crippen molar-refractivity contribution in [2.45, 2.75) is 105 Å². The third-order valence-electron chi connectivity index (χ3n) is 15.8. The highest BCUT2D eigenvalue weighted by atomic mass is 15.2. The van der Waals surface area contributed by atoms with Gasteiger partial charge in [-0.05, 0) is 141 Å². The molecule has 3 heteroatoms. The molecule has 3 heterocycles. The molecule has 0 spiro atoms. The van der Waals surface area contributed by atoms with Gasteiger partial charge in [0.2, 0.25) is 0 Å². The van der Waals surface area contributed by atoms with Gasteiger partial charge in [-0.3, -0.25) is 0 Å². The van der Waals surface area contributed by atoms with Gasteiger partial charge in [-0.25, -0.2) is 0 Å². The van der Waals surface area contributed by atoms with Crippen LogP contribution in [-0.2, 0) is 21.7 Å². The Morgan fingerprint density at radius 1 is 0.366 bits per heavy atom. The second kappa shape index (κ2) is 15.7. The Morgan fingerprint density at radius 2 is 0.901 bits per heavy atom. The molecule has 0 radical (unpaired) electrons. The molecule has 350 valence electrons. The predicted octanol–water partition coefficient (Wildman–Crippen LogP) is 17.6. The Labute approximate surface area is 422 Å². The average molecular weight is 921 g/mol. The zero-order valence-corrected chi connectivity index (χ0v) is 43.7. The van der Waals surface area contributed by atoms with Gasteiger partial charge in [-0.1, -0.05) is 223 Å². The SMILES string of the molecule is CC(C)(C)c1ccc(-c2ccc(N3c4ccc(-c5ccc(C(C)(C)C)cc5)cc4B4c5c(cc(-c6cc(C(C)(C)C)cc(C(C)(C)C)c6)cc53)-c3cccc5c6c7ccccc7ccc6n4c35)cc2)cc1. The molecule has 12 rings (SSSR count). The first-order valence-electron chi connectivity index (χ1n) is 25.8. The summed E-state index contributed by atoms with van der Waals surface area (Å²) in [4.78, 5) is 2.58. The van der Waals surface area contributed by atoms with Crippen molar-refractivity contribution in [3.63, 3.8) is 0 Å². The predicted molar refractivity (Wildman–Crippen MR) is 309 cm³/mol. The Balaban J connectivity index is 1.16. The van der Waals surface area contributed by atoms with Gasteiger partial charge in [0.05, 0.1) is 0 Å². The fourth-order valence-corrected chi connectivity index (χ4v) is 11.6. The van der Waals surface area contributed by atoms with Crippen molar-refractivity contribution in [2.24, 2.45) is 0 Å². The summed E-state index contributed by atoms with van der Waals surface area (Å²) in [6.45, 7) is 27.7. The van der Waals surface area contributed by atoms with E-state index >= 15 is 0 Å². The van der Waals surface area contributed by atoms with Crippen molar-refractivity contribution in [2.75, 3.05) is 4.90 Å². The minimum Gasteiger partial charge on any atom is -0.375 e. The van der Waals surface area contributed by atoms with Gasteiger partial charge >= 0.3 is 6.85 Å². The minimum atomic E-state index is -0.0863. The number of rotatable bonds is 4. The smallest absolute Gasteiger partial charge is 0.333 e. The molecule has 0 fully saturated rings. The van der Waals surface area contributed by atoms with Crippen LogP contribution in [0.25, 0.3) is 77.1 Å². The first-order chi connectivity index (χ1) is 33.7. The third kappa shape index (κ3) is 7.37. The molecule has 1 aromatic heterocycles. The number of nitrogens with zero attached hydrogens (tertiary/aromatic N) is 2. The van der Waals surface area contributed by atoms with E-state index in [2.05, 4.69) is 268 Å². The van der Waals surface area contributed by atoms with Crippen molar-refractivity contribution in [3.05, 3.63) is 198 Å². The molecule has 10 aromatic rings. The van der Waals surface area contributed by atoms with Crippen LogP contribution < -0.4 is 15.8 Å². The van der Waals surface area contributed by atoms with Crippen LogP contribution in [0.3, 0.4) is 0 Å². The number of aromatic nitrogens is 1. The average Bonchev–Trinajstić information content (AvgIpc) is 3.69. The second-order valence-electron chi connectivity index (χ2n) is 24.7. The van der Waals surface area contributed by atoms with E-state index in [0.717, 1.165) is 5.69 Å². The lowest BCUT2D eigenvalue weighted by atomic mass is 9.44. The van der Waals surface area contributed by atoms with E-state index in [0.29, 0.717) is 0 Å². The highest BCUT2D eigenvalue weighted by molar-refractivity contribution is 6.90. The topological polar surface area (TPSA) is 8.17 Å². The van der Waals surface area contributed by atoms with E-state index in [9.17, 15) is 0 Å². The molecule has 0 N–H and O–H groups in total. The lowest BCUT2D eigenvalue weighted by molar-refractivity contribution is 0.569. The maximum Gasteiger partial charge on any atom is 0.333 e. The minimum absolute atomic E-state index is 0.0244. The maximum atomic E-state index is 2.71. The molecule has 2 nitrogen and oxygen atoms in total. The second-order valence-corrected chi connectivity index (χ2v) is 24.7. The summed E-state index contributed by atoms with van der Waals surface area (Å²) < 4.78 is 2.71. The lowest BCUT2D eigenvalue weighted by Gasteiger charge is -2.41. The monoisotopic (exact) mass is 921 g/mol. The molecule has 0 aliphatic carbocycles. The van der Waals surface area contributed by atoms with Crippen LogP contribution >= 0.6 is 0 Å². The molecule has 2 aliphatic rings. The molecule has 0 bridgehead atoms. The van der Waals surface area contributed by atoms with Crippen LogP contribution in [0.4, 0.5) is 17.1 Å². The molecule has 0 saturated carbocycles. The molecule has 0 saturated heterocycles. The fraction of sp³-hybridized carbons (Fsp3) is 0.235. The van der Waals surface area contributed by atoms with E-state index < -0.39 is 0 Å². The third-order valence-corrected chi connectivity index (χ3v) is 15.8. The van der Waals surface area contributed by atoms with Gasteiger partial charge in [0, 0.05) is 44.4 Å². The van der Waals surface area contributed by atoms with E-state index in [1.807, 2.05) is 0 Å². The summed E-state index contributed by atoms with van der Waals surface area (Å²) in [5.41, 5.74) is 24.3. The van der Waals surface area contributed by atoms with Gasteiger partial charge < -0.3 is 9.38 Å². The quantitative estimate of drug-likeness (QED) is 0.160. The summed E-state index contributed by atoms with van der Waals surface area (Å²) in [5, 5.41) is 5.19. The van der Waals surface area contributed by atoms with Crippen molar-refractivity contribution >= 4 is 67.4 Å². The fourth-order valence-electron chi connectivity index (χ4n) is 11.6. The number of hydrogen-bond acceptors (Lipinski definition) is 1.